The molecule has 12 heavy (non-hydrogen) atoms. The van der Waals surface area contributed by atoms with Gasteiger partial charge >= 0.3 is 0 Å². The summed E-state index contributed by atoms with van der Waals surface area (Å²) in [6.07, 6.45) is -0.519. The van der Waals surface area contributed by atoms with Gasteiger partial charge in [0.15, 0.2) is 0 Å². The van der Waals surface area contributed by atoms with Crippen molar-refractivity contribution in [2.75, 3.05) is 18.0 Å². The highest BCUT2D eigenvalue weighted by atomic mass is 32.2. The van der Waals surface area contributed by atoms with Crippen molar-refractivity contribution in [2.24, 2.45) is 5.73 Å². The van der Waals surface area contributed by atoms with E-state index in [1.807, 2.05) is 0 Å². The average Bonchev–Trinajstić information content (AvgIpc) is 2.47. The molecule has 1 rings (SSSR count). The molecule has 0 aliphatic rings. The molecule has 0 aliphatic carbocycles. The predicted octanol–water partition coefficient (Wildman–Crippen LogP) is -1.20. The second-order valence-corrected chi connectivity index (χ2v) is 3.19. The van der Waals surface area contributed by atoms with Gasteiger partial charge in [0, 0.05) is 12.3 Å². The summed E-state index contributed by atoms with van der Waals surface area (Å²) < 4.78 is 0. The fraction of sp³-hybridized carbons (Fsp3) is 0.600. The molecule has 68 valence electrons. The molecule has 0 amide bonds. The Hall–Kier alpha value is -0.790. The molecule has 6 N–H and O–H groups in total. The van der Waals surface area contributed by atoms with Crippen LogP contribution in [0.25, 0.3) is 0 Å². The van der Waals surface area contributed by atoms with Crippen LogP contribution >= 0.6 is 11.8 Å². The second kappa shape index (κ2) is 4.29. The van der Waals surface area contributed by atoms with Crippen molar-refractivity contribution in [3.05, 3.63) is 0 Å². The number of nitrogens with one attached hydrogen (secondary N) is 1. The summed E-state index contributed by atoms with van der Waals surface area (Å²) >= 11 is 1.31. The molecule has 7 heteroatoms. The minimum Gasteiger partial charge on any atom is -0.391 e. The molecule has 0 aliphatic heterocycles. The second-order valence-electron chi connectivity index (χ2n) is 2.20. The van der Waals surface area contributed by atoms with Crippen LogP contribution in [0, 0.1) is 0 Å². The Bertz CT molecular complexity index is 239. The van der Waals surface area contributed by atoms with Crippen LogP contribution in [0.2, 0.25) is 0 Å². The molecule has 1 unspecified atom stereocenters. The molecule has 0 aromatic carbocycles. The van der Waals surface area contributed by atoms with E-state index in [0.29, 0.717) is 10.9 Å². The lowest BCUT2D eigenvalue weighted by Crippen LogP contribution is -2.21. The number of nitrogens with two attached hydrogens (primary N) is 2. The SMILES string of the molecule is NCC(O)CSc1n[nH]c(N)n1. The lowest BCUT2D eigenvalue weighted by Gasteiger charge is -2.03. The van der Waals surface area contributed by atoms with E-state index >= 15 is 0 Å². The normalized spacial score (nSPS) is 13.2. The number of thioether (sulfide) groups is 1. The highest BCUT2D eigenvalue weighted by Crippen LogP contribution is 2.13. The van der Waals surface area contributed by atoms with E-state index in [1.165, 1.54) is 11.8 Å². The zero-order valence-electron chi connectivity index (χ0n) is 6.40. The van der Waals surface area contributed by atoms with E-state index in [4.69, 9.17) is 16.6 Å². The fourth-order valence-electron chi connectivity index (χ4n) is 0.561. The summed E-state index contributed by atoms with van der Waals surface area (Å²) in [5.74, 6) is 0.757. The molecule has 0 spiro atoms. The maximum Gasteiger partial charge on any atom is 0.216 e. The first-order chi connectivity index (χ1) is 5.72. The minimum atomic E-state index is -0.519. The van der Waals surface area contributed by atoms with Crippen LogP contribution in [0.1, 0.15) is 0 Å². The Labute approximate surface area is 73.7 Å². The number of hydrogen-bond donors (Lipinski definition) is 4. The fourth-order valence-corrected chi connectivity index (χ4v) is 1.31. The van der Waals surface area contributed by atoms with Crippen molar-refractivity contribution in [2.45, 2.75) is 11.3 Å². The van der Waals surface area contributed by atoms with Crippen molar-refractivity contribution >= 4 is 17.7 Å². The maximum atomic E-state index is 9.08. The topological polar surface area (TPSA) is 114 Å². The van der Waals surface area contributed by atoms with E-state index in [0.717, 1.165) is 0 Å². The Balaban J connectivity index is 2.33. The van der Waals surface area contributed by atoms with Crippen LogP contribution in [-0.4, -0.2) is 38.7 Å². The van der Waals surface area contributed by atoms with Gasteiger partial charge in [-0.1, -0.05) is 11.8 Å². The number of H-pyrrole nitrogens is 1. The van der Waals surface area contributed by atoms with Crippen LogP contribution in [0.3, 0.4) is 0 Å². The monoisotopic (exact) mass is 189 g/mol. The van der Waals surface area contributed by atoms with Crippen molar-refractivity contribution in [3.8, 4) is 0 Å². The molecule has 0 fully saturated rings. The smallest absolute Gasteiger partial charge is 0.216 e. The Morgan fingerprint density at radius 1 is 1.67 bits per heavy atom. The van der Waals surface area contributed by atoms with Gasteiger partial charge in [0.1, 0.15) is 0 Å². The van der Waals surface area contributed by atoms with E-state index < -0.39 is 6.10 Å². The molecular formula is C5H11N5OS. The van der Waals surface area contributed by atoms with Crippen LogP contribution in [-0.2, 0) is 0 Å². The molecule has 6 nitrogen and oxygen atoms in total. The number of aliphatic hydroxyl groups is 1. The summed E-state index contributed by atoms with van der Waals surface area (Å²) in [6, 6.07) is 0. The lowest BCUT2D eigenvalue weighted by molar-refractivity contribution is 0.208. The molecule has 1 aromatic heterocycles. The Kier molecular flexibility index (Phi) is 3.32. The molecule has 1 atom stereocenters. The van der Waals surface area contributed by atoms with E-state index in [-0.39, 0.29) is 12.5 Å². The highest BCUT2D eigenvalue weighted by Gasteiger charge is 2.05. The number of hydrogen-bond acceptors (Lipinski definition) is 6. The van der Waals surface area contributed by atoms with Crippen molar-refractivity contribution in [1.29, 1.82) is 0 Å². The van der Waals surface area contributed by atoms with E-state index in [1.54, 1.807) is 0 Å². The number of anilines is 1. The van der Waals surface area contributed by atoms with Crippen molar-refractivity contribution in [3.63, 3.8) is 0 Å². The van der Waals surface area contributed by atoms with Gasteiger partial charge in [-0.25, -0.2) is 5.10 Å². The Morgan fingerprint density at radius 3 is 2.92 bits per heavy atom. The van der Waals surface area contributed by atoms with Gasteiger partial charge in [-0.15, -0.1) is 5.10 Å². The third kappa shape index (κ3) is 2.68. The average molecular weight is 189 g/mol. The Morgan fingerprint density at radius 2 is 2.42 bits per heavy atom. The predicted molar refractivity (Wildman–Crippen MR) is 46.6 cm³/mol. The van der Waals surface area contributed by atoms with Crippen LogP contribution in [0.5, 0.6) is 0 Å². The van der Waals surface area contributed by atoms with Gasteiger partial charge in [-0.2, -0.15) is 4.98 Å². The van der Waals surface area contributed by atoms with Gasteiger partial charge < -0.3 is 16.6 Å². The largest absolute Gasteiger partial charge is 0.391 e. The highest BCUT2D eigenvalue weighted by molar-refractivity contribution is 7.99. The van der Waals surface area contributed by atoms with E-state index in [9.17, 15) is 0 Å². The summed E-state index contributed by atoms with van der Waals surface area (Å²) in [5.41, 5.74) is 10.5. The number of aromatic amines is 1. The number of aliphatic hydroxyl groups excluding tert-OH is 1. The van der Waals surface area contributed by atoms with Gasteiger partial charge in [0.25, 0.3) is 0 Å². The number of aromatic nitrogens is 3. The van der Waals surface area contributed by atoms with Crippen LogP contribution < -0.4 is 11.5 Å². The van der Waals surface area contributed by atoms with Gasteiger partial charge in [-0.05, 0) is 0 Å². The molecule has 0 bridgehead atoms. The summed E-state index contributed by atoms with van der Waals surface area (Å²) in [7, 11) is 0. The third-order valence-corrected chi connectivity index (χ3v) is 2.15. The standard InChI is InChI=1S/C5H11N5OS/c6-1-3(11)2-12-5-8-4(7)9-10-5/h3,11H,1-2,6H2,(H3,7,8,9,10). The van der Waals surface area contributed by atoms with Crippen LogP contribution in [0.4, 0.5) is 5.95 Å². The number of rotatable bonds is 4. The first-order valence-corrected chi connectivity index (χ1v) is 4.39. The zero-order valence-corrected chi connectivity index (χ0v) is 7.21. The van der Waals surface area contributed by atoms with Crippen LogP contribution in [0.15, 0.2) is 5.16 Å². The number of nitrogen functional groups attached to an aromatic ring is 1. The summed E-state index contributed by atoms with van der Waals surface area (Å²) in [5, 5.41) is 15.9. The quantitative estimate of drug-likeness (QED) is 0.442. The van der Waals surface area contributed by atoms with Crippen molar-refractivity contribution in [1.82, 2.24) is 15.2 Å². The zero-order chi connectivity index (χ0) is 8.97. The molecule has 0 saturated heterocycles. The van der Waals surface area contributed by atoms with Gasteiger partial charge in [-0.3, -0.25) is 0 Å². The molecule has 0 saturated carbocycles. The first kappa shape index (κ1) is 9.30. The molecule has 0 radical (unpaired) electrons. The summed E-state index contributed by atoms with van der Waals surface area (Å²) in [4.78, 5) is 3.84. The molecule has 1 heterocycles. The third-order valence-electron chi connectivity index (χ3n) is 1.16. The van der Waals surface area contributed by atoms with Gasteiger partial charge in [0.2, 0.25) is 11.1 Å². The molecule has 1 aromatic rings. The lowest BCUT2D eigenvalue weighted by atomic mass is 10.4. The van der Waals surface area contributed by atoms with Gasteiger partial charge in [0.05, 0.1) is 6.10 Å². The summed E-state index contributed by atoms with van der Waals surface area (Å²) in [6.45, 7) is 0.243. The van der Waals surface area contributed by atoms with Crippen molar-refractivity contribution < 1.29 is 5.11 Å². The van der Waals surface area contributed by atoms with E-state index in [2.05, 4.69) is 15.2 Å². The minimum absolute atomic E-state index is 0.243. The molecular weight excluding hydrogens is 178 g/mol. The maximum absolute atomic E-state index is 9.08. The first-order valence-electron chi connectivity index (χ1n) is 3.41. The number of nitrogens with zero attached hydrogens (tertiary/aromatic N) is 2.